The maximum atomic E-state index is 12.1. The van der Waals surface area contributed by atoms with Gasteiger partial charge in [0.2, 0.25) is 0 Å². The predicted octanol–water partition coefficient (Wildman–Crippen LogP) is 0.893. The lowest BCUT2D eigenvalue weighted by Gasteiger charge is -2.20. The quantitative estimate of drug-likeness (QED) is 0.655. The molecule has 5 heteroatoms. The fraction of sp³-hybridized carbons (Fsp3) is 0.467. The molecule has 0 radical (unpaired) electrons. The van der Waals surface area contributed by atoms with Gasteiger partial charge in [0, 0.05) is 19.0 Å². The fourth-order valence-electron chi connectivity index (χ4n) is 2.49. The summed E-state index contributed by atoms with van der Waals surface area (Å²) in [5.74, 6) is -0.683. The zero-order chi connectivity index (χ0) is 14.5. The lowest BCUT2D eigenvalue weighted by atomic mass is 9.99. The van der Waals surface area contributed by atoms with Gasteiger partial charge >= 0.3 is 5.97 Å². The third-order valence-corrected chi connectivity index (χ3v) is 3.58. The second-order valence-electron chi connectivity index (χ2n) is 4.91. The van der Waals surface area contributed by atoms with Gasteiger partial charge in [-0.25, -0.2) is 4.79 Å². The Labute approximate surface area is 118 Å². The standard InChI is InChI=1S/C15H20N2O3/c1-2-20-15(19)13(16)14(18)17-9-8-12(10-17)11-6-4-3-5-7-11/h3-7,12-13H,2,8-10,16H2,1H3. The van der Waals surface area contributed by atoms with Crippen LogP contribution in [0.4, 0.5) is 0 Å². The molecule has 108 valence electrons. The van der Waals surface area contributed by atoms with E-state index in [1.807, 2.05) is 18.2 Å². The molecule has 0 bridgehead atoms. The highest BCUT2D eigenvalue weighted by atomic mass is 16.5. The topological polar surface area (TPSA) is 72.6 Å². The summed E-state index contributed by atoms with van der Waals surface area (Å²) >= 11 is 0. The molecule has 2 atom stereocenters. The summed E-state index contributed by atoms with van der Waals surface area (Å²) in [6, 6.07) is 8.87. The lowest BCUT2D eigenvalue weighted by Crippen LogP contribution is -2.48. The van der Waals surface area contributed by atoms with E-state index in [0.29, 0.717) is 19.0 Å². The van der Waals surface area contributed by atoms with Crippen molar-refractivity contribution in [2.24, 2.45) is 5.73 Å². The fourth-order valence-corrected chi connectivity index (χ4v) is 2.49. The Morgan fingerprint density at radius 2 is 2.10 bits per heavy atom. The number of carbonyl (C=O) groups is 2. The first-order valence-corrected chi connectivity index (χ1v) is 6.89. The minimum atomic E-state index is -1.20. The van der Waals surface area contributed by atoms with Gasteiger partial charge in [0.15, 0.2) is 6.04 Å². The molecule has 0 saturated carbocycles. The van der Waals surface area contributed by atoms with Gasteiger partial charge in [-0.3, -0.25) is 4.79 Å². The molecule has 1 amide bonds. The molecule has 20 heavy (non-hydrogen) atoms. The average Bonchev–Trinajstić information content (AvgIpc) is 2.96. The highest BCUT2D eigenvalue weighted by Crippen LogP contribution is 2.27. The third-order valence-electron chi connectivity index (χ3n) is 3.58. The molecular formula is C15H20N2O3. The highest BCUT2D eigenvalue weighted by Gasteiger charge is 2.33. The van der Waals surface area contributed by atoms with Crippen molar-refractivity contribution >= 4 is 11.9 Å². The molecule has 0 spiro atoms. The first-order chi connectivity index (χ1) is 9.63. The Balaban J connectivity index is 1.95. The largest absolute Gasteiger partial charge is 0.464 e. The summed E-state index contributed by atoms with van der Waals surface area (Å²) < 4.78 is 4.78. The van der Waals surface area contributed by atoms with Crippen LogP contribution in [-0.4, -0.2) is 42.5 Å². The number of likely N-dealkylation sites (tertiary alicyclic amines) is 1. The van der Waals surface area contributed by atoms with Gasteiger partial charge in [0.25, 0.3) is 5.91 Å². The van der Waals surface area contributed by atoms with Crippen molar-refractivity contribution in [2.45, 2.75) is 25.3 Å². The van der Waals surface area contributed by atoms with Crippen molar-refractivity contribution in [3.05, 3.63) is 35.9 Å². The van der Waals surface area contributed by atoms with E-state index in [0.717, 1.165) is 6.42 Å². The van der Waals surface area contributed by atoms with Crippen molar-refractivity contribution < 1.29 is 14.3 Å². The third kappa shape index (κ3) is 3.17. The monoisotopic (exact) mass is 276 g/mol. The first kappa shape index (κ1) is 14.5. The van der Waals surface area contributed by atoms with E-state index in [4.69, 9.17) is 10.5 Å². The van der Waals surface area contributed by atoms with E-state index in [-0.39, 0.29) is 12.5 Å². The van der Waals surface area contributed by atoms with Crippen molar-refractivity contribution in [2.75, 3.05) is 19.7 Å². The summed E-state index contributed by atoms with van der Waals surface area (Å²) in [4.78, 5) is 25.3. The van der Waals surface area contributed by atoms with E-state index < -0.39 is 12.0 Å². The van der Waals surface area contributed by atoms with E-state index in [1.165, 1.54) is 5.56 Å². The van der Waals surface area contributed by atoms with Crippen LogP contribution in [0.25, 0.3) is 0 Å². The summed E-state index contributed by atoms with van der Waals surface area (Å²) in [5.41, 5.74) is 6.86. The number of nitrogens with two attached hydrogens (primary N) is 1. The maximum absolute atomic E-state index is 12.1. The van der Waals surface area contributed by atoms with Crippen LogP contribution in [0.2, 0.25) is 0 Å². The number of benzene rings is 1. The van der Waals surface area contributed by atoms with Crippen LogP contribution in [0.15, 0.2) is 30.3 Å². The number of hydrogen-bond acceptors (Lipinski definition) is 4. The number of amides is 1. The lowest BCUT2D eigenvalue weighted by molar-refractivity contribution is -0.150. The number of carbonyl (C=O) groups excluding carboxylic acids is 2. The van der Waals surface area contributed by atoms with E-state index >= 15 is 0 Å². The Bertz CT molecular complexity index is 475. The Morgan fingerprint density at radius 1 is 1.40 bits per heavy atom. The Hall–Kier alpha value is -1.88. The van der Waals surface area contributed by atoms with Gasteiger partial charge in [0.1, 0.15) is 0 Å². The summed E-state index contributed by atoms with van der Waals surface area (Å²) in [7, 11) is 0. The van der Waals surface area contributed by atoms with Crippen LogP contribution in [0, 0.1) is 0 Å². The molecule has 1 heterocycles. The zero-order valence-corrected chi connectivity index (χ0v) is 11.6. The first-order valence-electron chi connectivity index (χ1n) is 6.89. The molecule has 2 rings (SSSR count). The molecule has 0 aromatic heterocycles. The van der Waals surface area contributed by atoms with Crippen molar-refractivity contribution in [1.82, 2.24) is 4.90 Å². The Kier molecular flexibility index (Phi) is 4.74. The average molecular weight is 276 g/mol. The molecule has 2 unspecified atom stereocenters. The number of esters is 1. The van der Waals surface area contributed by atoms with Gasteiger partial charge in [-0.15, -0.1) is 0 Å². The van der Waals surface area contributed by atoms with Crippen LogP contribution >= 0.6 is 0 Å². The second kappa shape index (κ2) is 6.52. The van der Waals surface area contributed by atoms with Crippen LogP contribution in [0.3, 0.4) is 0 Å². The second-order valence-corrected chi connectivity index (χ2v) is 4.91. The van der Waals surface area contributed by atoms with Gasteiger partial charge in [-0.1, -0.05) is 30.3 Å². The smallest absolute Gasteiger partial charge is 0.332 e. The number of hydrogen-bond donors (Lipinski definition) is 1. The molecule has 1 fully saturated rings. The van der Waals surface area contributed by atoms with Crippen LogP contribution in [0.5, 0.6) is 0 Å². The van der Waals surface area contributed by atoms with Gasteiger partial charge in [0.05, 0.1) is 6.61 Å². The van der Waals surface area contributed by atoms with Crippen LogP contribution < -0.4 is 5.73 Å². The van der Waals surface area contributed by atoms with Gasteiger partial charge in [-0.2, -0.15) is 0 Å². The maximum Gasteiger partial charge on any atom is 0.332 e. The molecule has 1 aliphatic heterocycles. The van der Waals surface area contributed by atoms with Crippen molar-refractivity contribution in [3.8, 4) is 0 Å². The summed E-state index contributed by atoms with van der Waals surface area (Å²) in [6.07, 6.45) is 0.894. The summed E-state index contributed by atoms with van der Waals surface area (Å²) in [5, 5.41) is 0. The minimum absolute atomic E-state index is 0.229. The van der Waals surface area contributed by atoms with E-state index in [9.17, 15) is 9.59 Å². The number of nitrogens with zero attached hydrogens (tertiary/aromatic N) is 1. The normalized spacial score (nSPS) is 19.7. The van der Waals surface area contributed by atoms with Gasteiger partial charge in [-0.05, 0) is 18.9 Å². The minimum Gasteiger partial charge on any atom is -0.464 e. The molecular weight excluding hydrogens is 256 g/mol. The Morgan fingerprint density at radius 3 is 2.75 bits per heavy atom. The molecule has 2 N–H and O–H groups in total. The zero-order valence-electron chi connectivity index (χ0n) is 11.6. The highest BCUT2D eigenvalue weighted by molar-refractivity contribution is 6.01. The number of rotatable bonds is 4. The molecule has 0 aliphatic carbocycles. The van der Waals surface area contributed by atoms with E-state index in [1.54, 1.807) is 11.8 Å². The van der Waals surface area contributed by atoms with E-state index in [2.05, 4.69) is 12.1 Å². The SMILES string of the molecule is CCOC(=O)C(N)C(=O)N1CCC(c2ccccc2)C1. The molecule has 1 aromatic rings. The molecule has 5 nitrogen and oxygen atoms in total. The van der Waals surface area contributed by atoms with Crippen molar-refractivity contribution in [3.63, 3.8) is 0 Å². The van der Waals surface area contributed by atoms with Crippen LogP contribution in [-0.2, 0) is 14.3 Å². The van der Waals surface area contributed by atoms with Gasteiger partial charge < -0.3 is 15.4 Å². The number of ether oxygens (including phenoxy) is 1. The molecule has 1 saturated heterocycles. The summed E-state index contributed by atoms with van der Waals surface area (Å²) in [6.45, 7) is 3.16. The van der Waals surface area contributed by atoms with Crippen molar-refractivity contribution in [1.29, 1.82) is 0 Å². The van der Waals surface area contributed by atoms with Crippen LogP contribution in [0.1, 0.15) is 24.8 Å². The molecule has 1 aromatic carbocycles. The predicted molar refractivity (Wildman–Crippen MR) is 75.0 cm³/mol. The molecule has 1 aliphatic rings.